The van der Waals surface area contributed by atoms with Gasteiger partial charge in [-0.3, -0.25) is 4.79 Å². The molecule has 0 atom stereocenters. The lowest BCUT2D eigenvalue weighted by molar-refractivity contribution is 0.100. The topological polar surface area (TPSA) is 104 Å². The summed E-state index contributed by atoms with van der Waals surface area (Å²) in [6.45, 7) is 1.47. The van der Waals surface area contributed by atoms with E-state index < -0.39 is 0 Å². The third kappa shape index (κ3) is 3.30. The van der Waals surface area contributed by atoms with E-state index in [2.05, 4.69) is 25.3 Å². The highest BCUT2D eigenvalue weighted by Gasteiger charge is 2.22. The number of aliphatic hydroxyl groups excluding tert-OH is 1. The number of H-pyrrole nitrogens is 1. The fourth-order valence-electron chi connectivity index (χ4n) is 3.30. The van der Waals surface area contributed by atoms with Gasteiger partial charge < -0.3 is 15.4 Å². The third-order valence-electron chi connectivity index (χ3n) is 4.75. The first-order valence-corrected chi connectivity index (χ1v) is 8.89. The number of anilines is 1. The lowest BCUT2D eigenvalue weighted by atomic mass is 9.93. The maximum Gasteiger partial charge on any atom is 0.195 e. The standard InChI is InChI=1S/C19H21N5O2/c1-11(25)16-21-15-18(20-13-7-9-14(26)10-8-13)23-17(24-19(15)22-16)12-5-3-2-4-6-12/h2-6,13-14,26H,7-10H2,1H3,(H2,20,21,22,23,24). The van der Waals surface area contributed by atoms with Gasteiger partial charge >= 0.3 is 0 Å². The molecule has 0 radical (unpaired) electrons. The number of Topliss-reactive ketones (excluding diaryl/α,β-unsaturated/α-hetero) is 1. The molecule has 1 aromatic carbocycles. The molecule has 0 bridgehead atoms. The minimum atomic E-state index is -0.213. The Morgan fingerprint density at radius 3 is 2.54 bits per heavy atom. The van der Waals surface area contributed by atoms with Gasteiger partial charge in [-0.1, -0.05) is 30.3 Å². The molecule has 3 N–H and O–H groups in total. The highest BCUT2D eigenvalue weighted by atomic mass is 16.3. The van der Waals surface area contributed by atoms with Gasteiger partial charge in [0.05, 0.1) is 6.10 Å². The van der Waals surface area contributed by atoms with Crippen molar-refractivity contribution in [3.63, 3.8) is 0 Å². The number of nitrogens with zero attached hydrogens (tertiary/aromatic N) is 3. The Hall–Kier alpha value is -2.80. The summed E-state index contributed by atoms with van der Waals surface area (Å²) in [4.78, 5) is 28.3. The van der Waals surface area contributed by atoms with Crippen LogP contribution in [0, 0.1) is 0 Å². The molecule has 1 aliphatic rings. The largest absolute Gasteiger partial charge is 0.393 e. The zero-order chi connectivity index (χ0) is 18.1. The molecule has 0 aliphatic heterocycles. The number of carbonyl (C=O) groups excluding carboxylic acids is 1. The summed E-state index contributed by atoms with van der Waals surface area (Å²) in [6.07, 6.45) is 3.09. The Balaban J connectivity index is 1.76. The second-order valence-corrected chi connectivity index (χ2v) is 6.75. The summed E-state index contributed by atoms with van der Waals surface area (Å²) in [5, 5.41) is 13.2. The van der Waals surface area contributed by atoms with Gasteiger partial charge in [-0.05, 0) is 25.7 Å². The van der Waals surface area contributed by atoms with Gasteiger partial charge in [0.2, 0.25) is 0 Å². The van der Waals surface area contributed by atoms with Crippen molar-refractivity contribution in [1.82, 2.24) is 19.9 Å². The number of imidazole rings is 1. The number of nitrogens with one attached hydrogen (secondary N) is 2. The smallest absolute Gasteiger partial charge is 0.195 e. The lowest BCUT2D eigenvalue weighted by Gasteiger charge is -2.26. The van der Waals surface area contributed by atoms with Crippen LogP contribution in [0.25, 0.3) is 22.6 Å². The van der Waals surface area contributed by atoms with E-state index in [1.807, 2.05) is 30.3 Å². The zero-order valence-corrected chi connectivity index (χ0v) is 14.6. The molecule has 0 saturated heterocycles. The van der Waals surface area contributed by atoms with Crippen LogP contribution in [0.1, 0.15) is 43.2 Å². The first-order chi connectivity index (χ1) is 12.6. The lowest BCUT2D eigenvalue weighted by Crippen LogP contribution is -2.28. The maximum atomic E-state index is 11.7. The van der Waals surface area contributed by atoms with Crippen LogP contribution >= 0.6 is 0 Å². The number of hydrogen-bond acceptors (Lipinski definition) is 6. The van der Waals surface area contributed by atoms with Crippen LogP contribution in [0.3, 0.4) is 0 Å². The van der Waals surface area contributed by atoms with Crippen molar-refractivity contribution in [2.45, 2.75) is 44.8 Å². The predicted molar refractivity (Wildman–Crippen MR) is 99.0 cm³/mol. The monoisotopic (exact) mass is 351 g/mol. The molecule has 2 heterocycles. The number of fused-ring (bicyclic) bond motifs is 1. The molecular weight excluding hydrogens is 330 g/mol. The third-order valence-corrected chi connectivity index (χ3v) is 4.75. The first kappa shape index (κ1) is 16.7. The molecule has 0 spiro atoms. The molecule has 1 fully saturated rings. The van der Waals surface area contributed by atoms with Crippen molar-refractivity contribution in [2.75, 3.05) is 5.32 Å². The molecule has 4 rings (SSSR count). The van der Waals surface area contributed by atoms with Gasteiger partial charge in [0.15, 0.2) is 28.9 Å². The van der Waals surface area contributed by atoms with Gasteiger partial charge in [-0.2, -0.15) is 0 Å². The number of aromatic amines is 1. The van der Waals surface area contributed by atoms with Crippen LogP contribution < -0.4 is 5.32 Å². The fraction of sp³-hybridized carbons (Fsp3) is 0.368. The minimum Gasteiger partial charge on any atom is -0.393 e. The number of aliphatic hydroxyl groups is 1. The van der Waals surface area contributed by atoms with Crippen LogP contribution in [0.15, 0.2) is 30.3 Å². The number of aromatic nitrogens is 4. The Kier molecular flexibility index (Phi) is 4.38. The molecule has 1 saturated carbocycles. The summed E-state index contributed by atoms with van der Waals surface area (Å²) in [5.41, 5.74) is 2.01. The molecule has 3 aromatic rings. The Morgan fingerprint density at radius 1 is 1.12 bits per heavy atom. The molecule has 1 aliphatic carbocycles. The molecule has 0 unspecified atom stereocenters. The number of benzene rings is 1. The Labute approximate surface area is 150 Å². The van der Waals surface area contributed by atoms with E-state index in [9.17, 15) is 9.90 Å². The van der Waals surface area contributed by atoms with E-state index in [4.69, 9.17) is 0 Å². The van der Waals surface area contributed by atoms with Gasteiger partial charge in [-0.15, -0.1) is 0 Å². The second-order valence-electron chi connectivity index (χ2n) is 6.75. The molecular formula is C19H21N5O2. The van der Waals surface area contributed by atoms with E-state index >= 15 is 0 Å². The van der Waals surface area contributed by atoms with E-state index in [1.165, 1.54) is 6.92 Å². The van der Waals surface area contributed by atoms with Crippen molar-refractivity contribution < 1.29 is 9.90 Å². The molecule has 2 aromatic heterocycles. The maximum absolute atomic E-state index is 11.7. The summed E-state index contributed by atoms with van der Waals surface area (Å²) in [7, 11) is 0. The van der Waals surface area contributed by atoms with Gasteiger partial charge in [-0.25, -0.2) is 15.0 Å². The second kappa shape index (κ2) is 6.84. The van der Waals surface area contributed by atoms with Crippen molar-refractivity contribution >= 4 is 22.8 Å². The highest BCUT2D eigenvalue weighted by molar-refractivity contribution is 5.95. The Morgan fingerprint density at radius 2 is 1.85 bits per heavy atom. The van der Waals surface area contributed by atoms with Crippen LogP contribution in [0.4, 0.5) is 5.82 Å². The minimum absolute atomic E-state index is 0.143. The Bertz CT molecular complexity index is 930. The molecule has 134 valence electrons. The normalized spacial score (nSPS) is 20.2. The van der Waals surface area contributed by atoms with Crippen molar-refractivity contribution in [3.05, 3.63) is 36.2 Å². The van der Waals surface area contributed by atoms with Gasteiger partial charge in [0.1, 0.15) is 5.52 Å². The number of rotatable bonds is 4. The van der Waals surface area contributed by atoms with Crippen molar-refractivity contribution in [1.29, 1.82) is 0 Å². The van der Waals surface area contributed by atoms with E-state index in [1.54, 1.807) is 0 Å². The molecule has 26 heavy (non-hydrogen) atoms. The molecule has 0 amide bonds. The number of ketones is 1. The molecule has 7 heteroatoms. The SMILES string of the molecule is CC(=O)c1nc2nc(-c3ccccc3)nc(NC3CCC(O)CC3)c2[nH]1. The van der Waals surface area contributed by atoms with Crippen LogP contribution in [0.2, 0.25) is 0 Å². The number of hydrogen-bond donors (Lipinski definition) is 3. The van der Waals surface area contributed by atoms with E-state index in [0.29, 0.717) is 22.8 Å². The quantitative estimate of drug-likeness (QED) is 0.624. The summed E-state index contributed by atoms with van der Waals surface area (Å²) < 4.78 is 0. The van der Waals surface area contributed by atoms with Crippen molar-refractivity contribution in [2.24, 2.45) is 0 Å². The summed E-state index contributed by atoms with van der Waals surface area (Å²) >= 11 is 0. The van der Waals surface area contributed by atoms with Gasteiger partial charge in [0.25, 0.3) is 0 Å². The van der Waals surface area contributed by atoms with Crippen molar-refractivity contribution in [3.8, 4) is 11.4 Å². The van der Waals surface area contributed by atoms with Crippen LogP contribution in [-0.2, 0) is 0 Å². The fourth-order valence-corrected chi connectivity index (χ4v) is 3.30. The predicted octanol–water partition coefficient (Wildman–Crippen LogP) is 2.94. The summed E-state index contributed by atoms with van der Waals surface area (Å²) in [5.74, 6) is 1.35. The first-order valence-electron chi connectivity index (χ1n) is 8.89. The van der Waals surface area contributed by atoms with Crippen LogP contribution in [0.5, 0.6) is 0 Å². The van der Waals surface area contributed by atoms with E-state index in [-0.39, 0.29) is 23.8 Å². The average Bonchev–Trinajstić information content (AvgIpc) is 3.09. The van der Waals surface area contributed by atoms with Crippen LogP contribution in [-0.4, -0.2) is 43.0 Å². The number of carbonyl (C=O) groups is 1. The van der Waals surface area contributed by atoms with E-state index in [0.717, 1.165) is 31.2 Å². The summed E-state index contributed by atoms with van der Waals surface area (Å²) in [6, 6.07) is 9.93. The van der Waals surface area contributed by atoms with Gasteiger partial charge in [0, 0.05) is 18.5 Å². The molecule has 7 nitrogen and oxygen atoms in total. The zero-order valence-electron chi connectivity index (χ0n) is 14.6. The average molecular weight is 351 g/mol. The highest BCUT2D eigenvalue weighted by Crippen LogP contribution is 2.27.